The fourth-order valence-corrected chi connectivity index (χ4v) is 2.81. The average molecular weight is 331 g/mol. The number of benzene rings is 3. The number of halogens is 1. The van der Waals surface area contributed by atoms with Gasteiger partial charge in [0.1, 0.15) is 5.82 Å². The van der Waals surface area contributed by atoms with Crippen molar-refractivity contribution in [3.63, 3.8) is 0 Å². The van der Waals surface area contributed by atoms with Crippen LogP contribution in [0.4, 0.5) is 4.39 Å². The van der Waals surface area contributed by atoms with Crippen LogP contribution < -0.4 is 0 Å². The summed E-state index contributed by atoms with van der Waals surface area (Å²) in [5.41, 5.74) is 3.18. The highest BCUT2D eigenvalue weighted by atomic mass is 19.1. The van der Waals surface area contributed by atoms with E-state index in [9.17, 15) is 4.39 Å². The Kier molecular flexibility index (Phi) is 6.13. The summed E-state index contributed by atoms with van der Waals surface area (Å²) in [7, 11) is 0. The minimum absolute atomic E-state index is 0.184. The maximum Gasteiger partial charge on any atom is 0.130 e. The molecule has 0 spiro atoms. The first-order valence-electron chi connectivity index (χ1n) is 8.52. The molecule has 25 heavy (non-hydrogen) atoms. The molecule has 2 heteroatoms. The molecule has 0 aliphatic heterocycles. The lowest BCUT2D eigenvalue weighted by molar-refractivity contribution is 0.286. The van der Waals surface area contributed by atoms with Gasteiger partial charge in [-0.15, -0.1) is 0 Å². The molecule has 0 aromatic heterocycles. The van der Waals surface area contributed by atoms with Crippen molar-refractivity contribution < 1.29 is 4.39 Å². The molecule has 126 valence electrons. The lowest BCUT2D eigenvalue weighted by atomic mass is 10.1. The summed E-state index contributed by atoms with van der Waals surface area (Å²) in [4.78, 5) is 2.35. The summed E-state index contributed by atoms with van der Waals surface area (Å²) in [5, 5.41) is 0. The van der Waals surface area contributed by atoms with Gasteiger partial charge in [0, 0.05) is 25.2 Å². The second kappa shape index (κ2) is 8.95. The Hall–Kier alpha value is -2.71. The highest BCUT2D eigenvalue weighted by molar-refractivity contribution is 5.49. The Bertz CT molecular complexity index is 755. The van der Waals surface area contributed by atoms with Crippen molar-refractivity contribution in [3.05, 3.63) is 114 Å². The molecule has 0 radical (unpaired) electrons. The number of hydrogen-bond donors (Lipinski definition) is 0. The van der Waals surface area contributed by atoms with Crippen LogP contribution in [-0.2, 0) is 13.1 Å². The van der Waals surface area contributed by atoms with Crippen LogP contribution >= 0.6 is 0 Å². The molecule has 0 amide bonds. The van der Waals surface area contributed by atoms with E-state index in [0.29, 0.717) is 5.56 Å². The Balaban J connectivity index is 1.70. The van der Waals surface area contributed by atoms with E-state index in [1.54, 1.807) is 12.1 Å². The Morgan fingerprint density at radius 1 is 0.680 bits per heavy atom. The summed E-state index contributed by atoms with van der Waals surface area (Å²) in [5.74, 6) is -0.184. The van der Waals surface area contributed by atoms with Gasteiger partial charge in [-0.2, -0.15) is 0 Å². The van der Waals surface area contributed by atoms with Crippen LogP contribution in [0.1, 0.15) is 16.7 Å². The van der Waals surface area contributed by atoms with Crippen molar-refractivity contribution in [1.29, 1.82) is 0 Å². The smallest absolute Gasteiger partial charge is 0.130 e. The second-order valence-electron chi connectivity index (χ2n) is 6.06. The molecular weight excluding hydrogens is 309 g/mol. The van der Waals surface area contributed by atoms with Crippen molar-refractivity contribution in [3.8, 4) is 0 Å². The van der Waals surface area contributed by atoms with Crippen molar-refractivity contribution in [2.45, 2.75) is 13.1 Å². The van der Waals surface area contributed by atoms with E-state index >= 15 is 0 Å². The van der Waals surface area contributed by atoms with E-state index in [1.165, 1.54) is 17.2 Å². The standard InChI is InChI=1S/C23H22FN/c24-23-16-8-7-14-22(23)15-9-17-25(18-20-10-3-1-4-11-20)19-21-12-5-2-6-13-21/h1-16H,17-19H2/b15-9-. The topological polar surface area (TPSA) is 3.24 Å². The van der Waals surface area contributed by atoms with Gasteiger partial charge in [-0.05, 0) is 17.2 Å². The van der Waals surface area contributed by atoms with E-state index in [2.05, 4.69) is 53.4 Å². The molecule has 0 fully saturated rings. The zero-order chi connectivity index (χ0) is 17.3. The monoisotopic (exact) mass is 331 g/mol. The highest BCUT2D eigenvalue weighted by Gasteiger charge is 2.06. The van der Waals surface area contributed by atoms with Gasteiger partial charge in [0.05, 0.1) is 0 Å². The summed E-state index contributed by atoms with van der Waals surface area (Å²) in [6.45, 7) is 2.48. The second-order valence-corrected chi connectivity index (χ2v) is 6.06. The Labute approximate surface area is 149 Å². The first-order chi connectivity index (χ1) is 12.3. The first-order valence-corrected chi connectivity index (χ1v) is 8.52. The molecule has 0 N–H and O–H groups in total. The maximum absolute atomic E-state index is 13.7. The van der Waals surface area contributed by atoms with Crippen LogP contribution in [-0.4, -0.2) is 11.4 Å². The molecule has 3 aromatic rings. The van der Waals surface area contributed by atoms with Crippen LogP contribution in [0.15, 0.2) is 91.0 Å². The first kappa shape index (κ1) is 17.1. The zero-order valence-electron chi connectivity index (χ0n) is 14.2. The number of nitrogens with zero attached hydrogens (tertiary/aromatic N) is 1. The van der Waals surface area contributed by atoms with Crippen LogP contribution in [0.5, 0.6) is 0 Å². The average Bonchev–Trinajstić information content (AvgIpc) is 2.65. The van der Waals surface area contributed by atoms with Crippen molar-refractivity contribution >= 4 is 6.08 Å². The molecule has 3 rings (SSSR count). The predicted octanol–water partition coefficient (Wildman–Crippen LogP) is 5.54. The third kappa shape index (κ3) is 5.40. The van der Waals surface area contributed by atoms with Crippen LogP contribution in [0, 0.1) is 5.82 Å². The summed E-state index contributed by atoms with van der Waals surface area (Å²) < 4.78 is 13.7. The summed E-state index contributed by atoms with van der Waals surface area (Å²) in [6, 6.07) is 27.7. The molecule has 0 heterocycles. The minimum atomic E-state index is -0.184. The molecule has 0 saturated carbocycles. The van der Waals surface area contributed by atoms with E-state index in [0.717, 1.165) is 19.6 Å². The third-order valence-corrected chi connectivity index (χ3v) is 4.06. The predicted molar refractivity (Wildman–Crippen MR) is 102 cm³/mol. The molecule has 0 bridgehead atoms. The van der Waals surface area contributed by atoms with E-state index in [1.807, 2.05) is 30.4 Å². The van der Waals surface area contributed by atoms with Crippen LogP contribution in [0.2, 0.25) is 0 Å². The van der Waals surface area contributed by atoms with E-state index in [-0.39, 0.29) is 5.82 Å². The number of rotatable bonds is 7. The molecule has 3 aromatic carbocycles. The lowest BCUT2D eigenvalue weighted by Gasteiger charge is -2.21. The van der Waals surface area contributed by atoms with Gasteiger partial charge in [0.15, 0.2) is 0 Å². The normalized spacial score (nSPS) is 11.3. The van der Waals surface area contributed by atoms with Gasteiger partial charge in [-0.25, -0.2) is 4.39 Å². The molecule has 0 atom stereocenters. The van der Waals surface area contributed by atoms with Gasteiger partial charge in [-0.3, -0.25) is 4.90 Å². The fourth-order valence-electron chi connectivity index (χ4n) is 2.81. The van der Waals surface area contributed by atoms with E-state index < -0.39 is 0 Å². The third-order valence-electron chi connectivity index (χ3n) is 4.06. The van der Waals surface area contributed by atoms with Crippen LogP contribution in [0.3, 0.4) is 0 Å². The number of hydrogen-bond acceptors (Lipinski definition) is 1. The molecule has 0 saturated heterocycles. The van der Waals surface area contributed by atoms with Crippen LogP contribution in [0.25, 0.3) is 6.08 Å². The van der Waals surface area contributed by atoms with Crippen molar-refractivity contribution in [2.24, 2.45) is 0 Å². The molecule has 0 aliphatic carbocycles. The molecule has 0 unspecified atom stereocenters. The minimum Gasteiger partial charge on any atom is -0.291 e. The van der Waals surface area contributed by atoms with Gasteiger partial charge in [0.2, 0.25) is 0 Å². The van der Waals surface area contributed by atoms with Crippen molar-refractivity contribution in [1.82, 2.24) is 4.90 Å². The molecule has 0 aliphatic rings. The lowest BCUT2D eigenvalue weighted by Crippen LogP contribution is -2.22. The summed E-state index contributed by atoms with van der Waals surface area (Å²) in [6.07, 6.45) is 3.89. The maximum atomic E-state index is 13.7. The largest absolute Gasteiger partial charge is 0.291 e. The van der Waals surface area contributed by atoms with E-state index in [4.69, 9.17) is 0 Å². The Morgan fingerprint density at radius 3 is 1.76 bits per heavy atom. The SMILES string of the molecule is Fc1ccccc1/C=C\CN(Cc1ccccc1)Cc1ccccc1. The Morgan fingerprint density at radius 2 is 1.20 bits per heavy atom. The molecular formula is C23H22FN. The highest BCUT2D eigenvalue weighted by Crippen LogP contribution is 2.12. The quantitative estimate of drug-likeness (QED) is 0.549. The molecule has 1 nitrogen and oxygen atoms in total. The summed E-state index contributed by atoms with van der Waals surface area (Å²) >= 11 is 0. The van der Waals surface area contributed by atoms with Gasteiger partial charge < -0.3 is 0 Å². The van der Waals surface area contributed by atoms with Gasteiger partial charge in [0.25, 0.3) is 0 Å². The van der Waals surface area contributed by atoms with Gasteiger partial charge >= 0.3 is 0 Å². The van der Waals surface area contributed by atoms with Gasteiger partial charge in [-0.1, -0.05) is 91.0 Å². The van der Waals surface area contributed by atoms with Crippen molar-refractivity contribution in [2.75, 3.05) is 6.54 Å². The fraction of sp³-hybridized carbons (Fsp3) is 0.130. The zero-order valence-corrected chi connectivity index (χ0v) is 14.2.